The maximum absolute atomic E-state index is 15.4. The number of benzene rings is 1. The largest absolute Gasteiger partial charge is 0.349 e. The highest BCUT2D eigenvalue weighted by Gasteiger charge is 2.45. The molecule has 9 nitrogen and oxygen atoms in total. The van der Waals surface area contributed by atoms with E-state index in [1.54, 1.807) is 6.07 Å². The molecule has 2 saturated heterocycles. The van der Waals surface area contributed by atoms with Crippen molar-refractivity contribution in [3.63, 3.8) is 0 Å². The Morgan fingerprint density at radius 1 is 1.26 bits per heavy atom. The predicted octanol–water partition coefficient (Wildman–Crippen LogP) is 2.37. The molecule has 12 heteroatoms. The van der Waals surface area contributed by atoms with Gasteiger partial charge in [-0.05, 0) is 57.5 Å². The average molecular weight is 530 g/mol. The van der Waals surface area contributed by atoms with Crippen LogP contribution in [0.1, 0.15) is 54.9 Å². The Bertz CT molecular complexity index is 1090. The van der Waals surface area contributed by atoms with Crippen LogP contribution in [0.4, 0.5) is 10.1 Å². The fourth-order valence-electron chi connectivity index (χ4n) is 5.30. The second-order valence-electron chi connectivity index (χ2n) is 9.78. The highest BCUT2D eigenvalue weighted by atomic mass is 35.5. The van der Waals surface area contributed by atoms with Gasteiger partial charge in [0, 0.05) is 43.3 Å². The van der Waals surface area contributed by atoms with Crippen molar-refractivity contribution in [3.8, 4) is 0 Å². The summed E-state index contributed by atoms with van der Waals surface area (Å²) in [6.45, 7) is 2.54. The standard InChI is InChI=1S/C23H33ClFN5O4S/c1-4-16-11-15(26-23(32)18-9-14-10-22(31)27-20(14)13-19(18)24)12-21(25)30(16)35(33,34)29-7-5-17(6-8-29)28(2)3/h9,13,15-17,21H,4-8,10-12H2,1-3H3,(H,26,32)(H,27,31)/t15-,16+,21+/m1/s1. The summed E-state index contributed by atoms with van der Waals surface area (Å²) in [6.07, 6.45) is 0.418. The summed E-state index contributed by atoms with van der Waals surface area (Å²) in [7, 11) is -0.0128. The average Bonchev–Trinajstić information content (AvgIpc) is 3.16. The normalized spacial score (nSPS) is 26.6. The zero-order chi connectivity index (χ0) is 25.5. The molecule has 0 saturated carbocycles. The Labute approximate surface area is 211 Å². The van der Waals surface area contributed by atoms with E-state index in [9.17, 15) is 18.0 Å². The maximum Gasteiger partial charge on any atom is 0.284 e. The number of nitrogens with zero attached hydrogens (tertiary/aromatic N) is 3. The summed E-state index contributed by atoms with van der Waals surface area (Å²) in [5.41, 5.74) is 1.47. The molecule has 0 aliphatic carbocycles. The first kappa shape index (κ1) is 26.3. The quantitative estimate of drug-likeness (QED) is 0.551. The van der Waals surface area contributed by atoms with Crippen molar-refractivity contribution >= 4 is 39.3 Å². The molecule has 0 unspecified atom stereocenters. The van der Waals surface area contributed by atoms with Crippen molar-refractivity contribution in [1.82, 2.24) is 18.8 Å². The lowest BCUT2D eigenvalue weighted by Gasteiger charge is -2.44. The Kier molecular flexibility index (Phi) is 7.73. The topological polar surface area (TPSA) is 102 Å². The molecule has 194 valence electrons. The van der Waals surface area contributed by atoms with E-state index in [-0.39, 0.29) is 29.3 Å². The number of hydrogen-bond acceptors (Lipinski definition) is 5. The number of hydrogen-bond donors (Lipinski definition) is 2. The molecule has 4 rings (SSSR count). The van der Waals surface area contributed by atoms with E-state index in [1.165, 1.54) is 10.4 Å². The van der Waals surface area contributed by atoms with Gasteiger partial charge in [-0.25, -0.2) is 4.39 Å². The lowest BCUT2D eigenvalue weighted by molar-refractivity contribution is -0.115. The van der Waals surface area contributed by atoms with Gasteiger partial charge < -0.3 is 15.5 Å². The molecule has 3 aliphatic heterocycles. The van der Waals surface area contributed by atoms with E-state index in [1.807, 2.05) is 21.0 Å². The van der Waals surface area contributed by atoms with Gasteiger partial charge in [0.15, 0.2) is 6.30 Å². The second kappa shape index (κ2) is 10.3. The summed E-state index contributed by atoms with van der Waals surface area (Å²) >= 11 is 6.27. The third kappa shape index (κ3) is 5.34. The van der Waals surface area contributed by atoms with Gasteiger partial charge in [0.2, 0.25) is 5.91 Å². The molecular weight excluding hydrogens is 497 g/mol. The minimum absolute atomic E-state index is 0.141. The minimum Gasteiger partial charge on any atom is -0.349 e. The van der Waals surface area contributed by atoms with Crippen LogP contribution in [0.25, 0.3) is 0 Å². The highest BCUT2D eigenvalue weighted by molar-refractivity contribution is 7.86. The lowest BCUT2D eigenvalue weighted by atomic mass is 9.96. The van der Waals surface area contributed by atoms with Gasteiger partial charge in [0.1, 0.15) is 0 Å². The Morgan fingerprint density at radius 2 is 1.94 bits per heavy atom. The van der Waals surface area contributed by atoms with Crippen LogP contribution in [0.15, 0.2) is 12.1 Å². The number of piperidine rings is 2. The lowest BCUT2D eigenvalue weighted by Crippen LogP contribution is -2.59. The van der Waals surface area contributed by atoms with Gasteiger partial charge >= 0.3 is 0 Å². The van der Waals surface area contributed by atoms with Gasteiger partial charge in [-0.15, -0.1) is 0 Å². The van der Waals surface area contributed by atoms with Gasteiger partial charge in [0.05, 0.1) is 17.0 Å². The molecule has 1 aromatic carbocycles. The zero-order valence-corrected chi connectivity index (χ0v) is 21.8. The molecule has 2 amide bonds. The van der Waals surface area contributed by atoms with E-state index >= 15 is 4.39 Å². The second-order valence-corrected chi connectivity index (χ2v) is 12.0. The van der Waals surface area contributed by atoms with Crippen LogP contribution in [-0.2, 0) is 21.4 Å². The SMILES string of the molecule is CC[C@H]1C[C@@H](NC(=O)c2cc3c(cc2Cl)NC(=O)C3)C[C@@H](F)N1S(=O)(=O)N1CCC(N(C)C)CC1. The molecule has 2 N–H and O–H groups in total. The Morgan fingerprint density at radius 3 is 2.57 bits per heavy atom. The molecule has 2 fully saturated rings. The summed E-state index contributed by atoms with van der Waals surface area (Å²) < 4.78 is 44.6. The minimum atomic E-state index is -3.97. The highest BCUT2D eigenvalue weighted by Crippen LogP contribution is 2.33. The molecule has 0 radical (unpaired) electrons. The van der Waals surface area contributed by atoms with Crippen LogP contribution in [-0.4, -0.2) is 85.3 Å². The first-order chi connectivity index (χ1) is 16.5. The van der Waals surface area contributed by atoms with Gasteiger partial charge in [0.25, 0.3) is 16.1 Å². The molecule has 0 bridgehead atoms. The fourth-order valence-corrected chi connectivity index (χ4v) is 7.48. The number of halogens is 2. The summed E-state index contributed by atoms with van der Waals surface area (Å²) in [5, 5.41) is 5.71. The van der Waals surface area contributed by atoms with E-state index in [0.29, 0.717) is 56.1 Å². The van der Waals surface area contributed by atoms with Crippen LogP contribution in [0.3, 0.4) is 0 Å². The van der Waals surface area contributed by atoms with Gasteiger partial charge in [-0.3, -0.25) is 9.59 Å². The van der Waals surface area contributed by atoms with Crippen molar-refractivity contribution in [3.05, 3.63) is 28.3 Å². The van der Waals surface area contributed by atoms with E-state index in [4.69, 9.17) is 11.6 Å². The maximum atomic E-state index is 15.4. The summed E-state index contributed by atoms with van der Waals surface area (Å²) in [4.78, 5) is 26.7. The third-order valence-electron chi connectivity index (χ3n) is 7.29. The van der Waals surface area contributed by atoms with Crippen molar-refractivity contribution in [1.29, 1.82) is 0 Å². The van der Waals surface area contributed by atoms with Gasteiger partial charge in [-0.1, -0.05) is 18.5 Å². The number of anilines is 1. The Balaban J connectivity index is 1.44. The molecule has 0 aromatic heterocycles. The number of fused-ring (bicyclic) bond motifs is 1. The first-order valence-electron chi connectivity index (χ1n) is 12.0. The van der Waals surface area contributed by atoms with Crippen molar-refractivity contribution < 1.29 is 22.4 Å². The van der Waals surface area contributed by atoms with Crippen LogP contribution in [0.2, 0.25) is 5.02 Å². The predicted molar refractivity (Wildman–Crippen MR) is 132 cm³/mol. The smallest absolute Gasteiger partial charge is 0.284 e. The van der Waals surface area contributed by atoms with E-state index < -0.39 is 34.5 Å². The molecule has 3 atom stereocenters. The molecule has 1 aromatic rings. The molecule has 3 aliphatic rings. The van der Waals surface area contributed by atoms with Crippen LogP contribution >= 0.6 is 11.6 Å². The molecule has 35 heavy (non-hydrogen) atoms. The van der Waals surface area contributed by atoms with Crippen molar-refractivity contribution in [2.45, 2.75) is 69.9 Å². The third-order valence-corrected chi connectivity index (χ3v) is 9.68. The van der Waals surface area contributed by atoms with Gasteiger partial charge in [-0.2, -0.15) is 17.0 Å². The zero-order valence-electron chi connectivity index (χ0n) is 20.3. The summed E-state index contributed by atoms with van der Waals surface area (Å²) in [6, 6.07) is 2.31. The summed E-state index contributed by atoms with van der Waals surface area (Å²) in [5.74, 6) is -0.634. The monoisotopic (exact) mass is 529 g/mol. The van der Waals surface area contributed by atoms with E-state index in [2.05, 4.69) is 15.5 Å². The van der Waals surface area contributed by atoms with Crippen molar-refractivity contribution in [2.24, 2.45) is 0 Å². The van der Waals surface area contributed by atoms with Crippen LogP contribution in [0, 0.1) is 0 Å². The molecular formula is C23H33ClFN5O4S. The fraction of sp³-hybridized carbons (Fsp3) is 0.652. The number of carbonyl (C=O) groups is 2. The first-order valence-corrected chi connectivity index (χ1v) is 13.8. The molecule has 0 spiro atoms. The van der Waals surface area contributed by atoms with Crippen LogP contribution in [0.5, 0.6) is 0 Å². The number of alkyl halides is 1. The number of carbonyl (C=O) groups excluding carboxylic acids is 2. The number of rotatable bonds is 6. The van der Waals surface area contributed by atoms with Crippen LogP contribution < -0.4 is 10.6 Å². The Hall–Kier alpha value is -1.79. The van der Waals surface area contributed by atoms with E-state index in [0.717, 1.165) is 4.31 Å². The molecule has 3 heterocycles. The number of nitrogens with one attached hydrogen (secondary N) is 2. The van der Waals surface area contributed by atoms with Crippen molar-refractivity contribution in [2.75, 3.05) is 32.5 Å². The number of amides is 2.